The fourth-order valence-corrected chi connectivity index (χ4v) is 3.38. The number of esters is 1. The summed E-state index contributed by atoms with van der Waals surface area (Å²) in [6.45, 7) is 1.28. The quantitative estimate of drug-likeness (QED) is 0.611. The number of anilines is 1. The maximum atomic E-state index is 12.3. The molecule has 0 aromatic heterocycles. The smallest absolute Gasteiger partial charge is 0.308 e. The highest BCUT2D eigenvalue weighted by Crippen LogP contribution is 2.27. The van der Waals surface area contributed by atoms with E-state index in [1.54, 1.807) is 24.3 Å². The van der Waals surface area contributed by atoms with Gasteiger partial charge in [0.05, 0.1) is 11.4 Å². The Hall–Kier alpha value is -3.13. The molecule has 1 atom stereocenters. The molecule has 1 heterocycles. The van der Waals surface area contributed by atoms with Crippen molar-refractivity contribution in [1.29, 1.82) is 0 Å². The van der Waals surface area contributed by atoms with Crippen LogP contribution in [0.25, 0.3) is 0 Å². The van der Waals surface area contributed by atoms with Gasteiger partial charge in [-0.2, -0.15) is 0 Å². The molecule has 27 heavy (non-hydrogen) atoms. The largest absolute Gasteiger partial charge is 0.424 e. The van der Waals surface area contributed by atoms with Crippen molar-refractivity contribution >= 4 is 46.1 Å². The Morgan fingerprint density at radius 2 is 1.85 bits per heavy atom. The Balaban J connectivity index is 1.63. The van der Waals surface area contributed by atoms with Crippen molar-refractivity contribution in [3.05, 3.63) is 54.6 Å². The number of aliphatic imine (C=N–C) groups is 1. The molecule has 2 amide bonds. The van der Waals surface area contributed by atoms with Gasteiger partial charge in [0, 0.05) is 13.3 Å². The van der Waals surface area contributed by atoms with Gasteiger partial charge >= 0.3 is 5.97 Å². The topological polar surface area (TPSA) is 96.9 Å². The summed E-state index contributed by atoms with van der Waals surface area (Å²) in [5.74, 6) is -0.848. The summed E-state index contributed by atoms with van der Waals surface area (Å²) in [4.78, 5) is 40.0. The molecule has 0 bridgehead atoms. The molecule has 1 fully saturated rings. The van der Waals surface area contributed by atoms with Gasteiger partial charge in [0.25, 0.3) is 0 Å². The lowest BCUT2D eigenvalue weighted by atomic mass is 10.2. The highest BCUT2D eigenvalue weighted by molar-refractivity contribution is 8.15. The molecule has 1 unspecified atom stereocenters. The zero-order valence-electron chi connectivity index (χ0n) is 14.5. The molecule has 2 N–H and O–H groups in total. The van der Waals surface area contributed by atoms with E-state index in [2.05, 4.69) is 15.6 Å². The van der Waals surface area contributed by atoms with Crippen LogP contribution in [-0.2, 0) is 14.4 Å². The SMILES string of the molecule is CC(=O)Oc1ccccc1NC(=O)CC1SC(=Nc2ccccc2)NC1=O. The summed E-state index contributed by atoms with van der Waals surface area (Å²) < 4.78 is 5.06. The summed E-state index contributed by atoms with van der Waals surface area (Å²) in [6, 6.07) is 15.9. The summed E-state index contributed by atoms with van der Waals surface area (Å²) in [7, 11) is 0. The second-order valence-corrected chi connectivity index (χ2v) is 6.88. The Labute approximate surface area is 160 Å². The molecule has 0 spiro atoms. The highest BCUT2D eigenvalue weighted by Gasteiger charge is 2.32. The molecule has 0 radical (unpaired) electrons. The molecule has 1 saturated heterocycles. The lowest BCUT2D eigenvalue weighted by Gasteiger charge is -2.11. The van der Waals surface area contributed by atoms with Crippen LogP contribution in [0.1, 0.15) is 13.3 Å². The monoisotopic (exact) mass is 383 g/mol. The van der Waals surface area contributed by atoms with Crippen LogP contribution in [0.5, 0.6) is 5.75 Å². The normalized spacial score (nSPS) is 17.4. The van der Waals surface area contributed by atoms with Crippen LogP contribution in [0.15, 0.2) is 59.6 Å². The summed E-state index contributed by atoms with van der Waals surface area (Å²) in [5.41, 5.74) is 1.10. The van der Waals surface area contributed by atoms with E-state index in [1.807, 2.05) is 30.3 Å². The van der Waals surface area contributed by atoms with Gasteiger partial charge in [-0.25, -0.2) is 4.99 Å². The number of hydrogen-bond donors (Lipinski definition) is 2. The minimum absolute atomic E-state index is 0.0291. The number of amides is 2. The number of nitrogens with one attached hydrogen (secondary N) is 2. The first-order valence-electron chi connectivity index (χ1n) is 8.20. The summed E-state index contributed by atoms with van der Waals surface area (Å²) in [5, 5.41) is 5.25. The molecule has 1 aliphatic rings. The number of carbonyl (C=O) groups excluding carboxylic acids is 3. The van der Waals surface area contributed by atoms with Crippen LogP contribution in [0.4, 0.5) is 11.4 Å². The summed E-state index contributed by atoms with van der Waals surface area (Å²) in [6.07, 6.45) is -0.0291. The lowest BCUT2D eigenvalue weighted by Crippen LogP contribution is -2.28. The number of para-hydroxylation sites is 3. The molecular formula is C19H17N3O4S. The molecule has 1 aliphatic heterocycles. The van der Waals surface area contributed by atoms with Crippen LogP contribution >= 0.6 is 11.8 Å². The number of carbonyl (C=O) groups is 3. The molecular weight excluding hydrogens is 366 g/mol. The van der Waals surface area contributed by atoms with Crippen molar-refractivity contribution in [3.63, 3.8) is 0 Å². The van der Waals surface area contributed by atoms with Gasteiger partial charge in [-0.1, -0.05) is 42.1 Å². The van der Waals surface area contributed by atoms with Crippen molar-refractivity contribution in [2.75, 3.05) is 5.32 Å². The second-order valence-electron chi connectivity index (χ2n) is 5.69. The Morgan fingerprint density at radius 3 is 2.59 bits per heavy atom. The van der Waals surface area contributed by atoms with E-state index in [-0.39, 0.29) is 24.0 Å². The number of rotatable bonds is 5. The van der Waals surface area contributed by atoms with Gasteiger partial charge in [-0.3, -0.25) is 14.4 Å². The first kappa shape index (κ1) is 18.7. The van der Waals surface area contributed by atoms with E-state index in [0.29, 0.717) is 10.9 Å². The van der Waals surface area contributed by atoms with Gasteiger partial charge in [0.15, 0.2) is 10.9 Å². The first-order chi connectivity index (χ1) is 13.0. The van der Waals surface area contributed by atoms with Crippen molar-refractivity contribution in [1.82, 2.24) is 5.32 Å². The number of amidine groups is 1. The second kappa shape index (κ2) is 8.50. The van der Waals surface area contributed by atoms with Crippen molar-refractivity contribution in [2.24, 2.45) is 4.99 Å². The molecule has 0 aliphatic carbocycles. The first-order valence-corrected chi connectivity index (χ1v) is 9.08. The Bertz CT molecular complexity index is 899. The minimum atomic E-state index is -0.576. The van der Waals surface area contributed by atoms with Crippen LogP contribution in [0, 0.1) is 0 Å². The Kier molecular flexibility index (Phi) is 5.87. The average Bonchev–Trinajstić information content (AvgIpc) is 2.96. The van der Waals surface area contributed by atoms with Crippen LogP contribution in [0.3, 0.4) is 0 Å². The maximum absolute atomic E-state index is 12.3. The highest BCUT2D eigenvalue weighted by atomic mass is 32.2. The zero-order valence-corrected chi connectivity index (χ0v) is 15.3. The fraction of sp³-hybridized carbons (Fsp3) is 0.158. The molecule has 8 heteroatoms. The van der Waals surface area contributed by atoms with E-state index in [4.69, 9.17) is 4.74 Å². The number of nitrogens with zero attached hydrogens (tertiary/aromatic N) is 1. The molecule has 3 rings (SSSR count). The van der Waals surface area contributed by atoms with E-state index in [1.165, 1.54) is 18.7 Å². The third-order valence-corrected chi connectivity index (χ3v) is 4.63. The number of thioether (sulfide) groups is 1. The predicted molar refractivity (Wildman–Crippen MR) is 104 cm³/mol. The van der Waals surface area contributed by atoms with Gasteiger partial charge in [-0.05, 0) is 24.3 Å². The van der Waals surface area contributed by atoms with Gasteiger partial charge < -0.3 is 15.4 Å². The predicted octanol–water partition coefficient (Wildman–Crippen LogP) is 2.86. The van der Waals surface area contributed by atoms with Crippen LogP contribution in [-0.4, -0.2) is 28.2 Å². The molecule has 7 nitrogen and oxygen atoms in total. The van der Waals surface area contributed by atoms with Crippen LogP contribution < -0.4 is 15.4 Å². The minimum Gasteiger partial charge on any atom is -0.424 e. The van der Waals surface area contributed by atoms with E-state index >= 15 is 0 Å². The summed E-state index contributed by atoms with van der Waals surface area (Å²) >= 11 is 1.21. The average molecular weight is 383 g/mol. The Morgan fingerprint density at radius 1 is 1.15 bits per heavy atom. The van der Waals surface area contributed by atoms with E-state index < -0.39 is 11.2 Å². The van der Waals surface area contributed by atoms with Crippen molar-refractivity contribution < 1.29 is 19.1 Å². The number of ether oxygens (including phenoxy) is 1. The third kappa shape index (κ3) is 5.18. The van der Waals surface area contributed by atoms with Crippen molar-refractivity contribution in [2.45, 2.75) is 18.6 Å². The van der Waals surface area contributed by atoms with E-state index in [0.717, 1.165) is 5.69 Å². The van der Waals surface area contributed by atoms with Gasteiger partial charge in [-0.15, -0.1) is 0 Å². The zero-order chi connectivity index (χ0) is 19.2. The fourth-order valence-electron chi connectivity index (χ4n) is 2.40. The third-order valence-electron chi connectivity index (χ3n) is 3.55. The van der Waals surface area contributed by atoms with Crippen LogP contribution in [0.2, 0.25) is 0 Å². The van der Waals surface area contributed by atoms with E-state index in [9.17, 15) is 14.4 Å². The molecule has 0 saturated carbocycles. The standard InChI is InChI=1S/C19H17N3O4S/c1-12(23)26-15-10-6-5-9-14(15)21-17(24)11-16-18(25)22-19(27-16)20-13-7-3-2-4-8-13/h2-10,16H,11H2,1H3,(H,21,24)(H,20,22,25). The maximum Gasteiger partial charge on any atom is 0.308 e. The number of benzene rings is 2. The van der Waals surface area contributed by atoms with Gasteiger partial charge in [0.2, 0.25) is 11.8 Å². The molecule has 138 valence electrons. The number of hydrogen-bond acceptors (Lipinski definition) is 6. The van der Waals surface area contributed by atoms with Gasteiger partial charge in [0.1, 0.15) is 5.25 Å². The van der Waals surface area contributed by atoms with Crippen molar-refractivity contribution in [3.8, 4) is 5.75 Å². The molecule has 2 aromatic rings. The molecule has 2 aromatic carbocycles. The lowest BCUT2D eigenvalue weighted by molar-refractivity contribution is -0.132.